The monoisotopic (exact) mass is 341 g/mol. The van der Waals surface area contributed by atoms with Crippen molar-refractivity contribution in [1.29, 1.82) is 0 Å². The molecular formula is C18H23N5O2. The molecule has 2 fully saturated rings. The number of aromatic nitrogens is 3. The van der Waals surface area contributed by atoms with Crippen molar-refractivity contribution >= 4 is 5.91 Å². The van der Waals surface area contributed by atoms with Gasteiger partial charge in [0.2, 0.25) is 11.8 Å². The molecule has 4 rings (SSSR count). The molecule has 4 heterocycles. The molecule has 2 aliphatic heterocycles. The predicted molar refractivity (Wildman–Crippen MR) is 91.0 cm³/mol. The van der Waals surface area contributed by atoms with Gasteiger partial charge in [0.1, 0.15) is 0 Å². The van der Waals surface area contributed by atoms with Gasteiger partial charge in [-0.1, -0.05) is 6.92 Å². The highest BCUT2D eigenvalue weighted by molar-refractivity contribution is 5.94. The summed E-state index contributed by atoms with van der Waals surface area (Å²) in [5, 5.41) is 8.24. The molecule has 132 valence electrons. The van der Waals surface area contributed by atoms with E-state index in [0.29, 0.717) is 23.4 Å². The van der Waals surface area contributed by atoms with Crippen molar-refractivity contribution in [3.05, 3.63) is 41.4 Å². The van der Waals surface area contributed by atoms with Crippen molar-refractivity contribution in [3.63, 3.8) is 0 Å². The normalized spacial score (nSPS) is 24.0. The summed E-state index contributed by atoms with van der Waals surface area (Å²) in [6.07, 6.45) is 3.43. The van der Waals surface area contributed by atoms with Crippen LogP contribution >= 0.6 is 0 Å². The number of rotatable bonds is 4. The predicted octanol–water partition coefficient (Wildman–Crippen LogP) is 2.00. The van der Waals surface area contributed by atoms with Crippen LogP contribution in [0.15, 0.2) is 22.7 Å². The Morgan fingerprint density at radius 1 is 1.32 bits per heavy atom. The Morgan fingerprint density at radius 2 is 2.16 bits per heavy atom. The quantitative estimate of drug-likeness (QED) is 0.847. The highest BCUT2D eigenvalue weighted by atomic mass is 16.4. The van der Waals surface area contributed by atoms with Gasteiger partial charge in [-0.25, -0.2) is 0 Å². The standard InChI is InChI=1S/C18H23N5O2/c1-4-16-20-21-17(25-16)12(3)22-9-15-7-14(22)10-23(15)18(24)13-6-5-11(2)19-8-13/h5-6,8,12,14-15H,4,7,9-10H2,1-3H3/t12?,14-,15-/m0/s1. The van der Waals surface area contributed by atoms with Crippen molar-refractivity contribution in [3.8, 4) is 0 Å². The van der Waals surface area contributed by atoms with E-state index in [9.17, 15) is 4.79 Å². The molecule has 3 atom stereocenters. The van der Waals surface area contributed by atoms with Crippen LogP contribution in [0.25, 0.3) is 0 Å². The Hall–Kier alpha value is -2.28. The molecule has 7 nitrogen and oxygen atoms in total. The number of pyridine rings is 1. The lowest BCUT2D eigenvalue weighted by atomic mass is 10.2. The second kappa shape index (κ2) is 6.22. The van der Waals surface area contributed by atoms with E-state index in [1.807, 2.05) is 30.9 Å². The van der Waals surface area contributed by atoms with Crippen LogP contribution in [0, 0.1) is 6.92 Å². The summed E-state index contributed by atoms with van der Waals surface area (Å²) in [5.74, 6) is 1.43. The molecule has 0 aromatic carbocycles. The molecule has 7 heteroatoms. The fourth-order valence-corrected chi connectivity index (χ4v) is 3.90. The fourth-order valence-electron chi connectivity index (χ4n) is 3.90. The van der Waals surface area contributed by atoms with Gasteiger partial charge in [0.05, 0.1) is 11.6 Å². The summed E-state index contributed by atoms with van der Waals surface area (Å²) >= 11 is 0. The molecule has 0 radical (unpaired) electrons. The lowest BCUT2D eigenvalue weighted by Gasteiger charge is -2.36. The Labute approximate surface area is 147 Å². The van der Waals surface area contributed by atoms with Crippen molar-refractivity contribution in [2.75, 3.05) is 13.1 Å². The third-order valence-corrected chi connectivity index (χ3v) is 5.34. The van der Waals surface area contributed by atoms with Crippen LogP contribution in [0.4, 0.5) is 0 Å². The Balaban J connectivity index is 1.44. The van der Waals surface area contributed by atoms with Crippen LogP contribution in [-0.4, -0.2) is 56.1 Å². The van der Waals surface area contributed by atoms with Gasteiger partial charge in [0.15, 0.2) is 0 Å². The number of aryl methyl sites for hydroxylation is 2. The third kappa shape index (κ3) is 2.82. The largest absolute Gasteiger partial charge is 0.424 e. The molecule has 25 heavy (non-hydrogen) atoms. The van der Waals surface area contributed by atoms with Crippen LogP contribution in [-0.2, 0) is 6.42 Å². The van der Waals surface area contributed by atoms with E-state index < -0.39 is 0 Å². The fraction of sp³-hybridized carbons (Fsp3) is 0.556. The summed E-state index contributed by atoms with van der Waals surface area (Å²) in [6.45, 7) is 7.62. The molecule has 0 saturated carbocycles. The average molecular weight is 341 g/mol. The second-order valence-electron chi connectivity index (χ2n) is 6.95. The number of amides is 1. The number of carbonyl (C=O) groups is 1. The van der Waals surface area contributed by atoms with E-state index in [0.717, 1.165) is 31.6 Å². The number of hydrogen-bond acceptors (Lipinski definition) is 6. The number of nitrogens with zero attached hydrogens (tertiary/aromatic N) is 5. The topological polar surface area (TPSA) is 75.4 Å². The first kappa shape index (κ1) is 16.2. The molecule has 1 unspecified atom stereocenters. The molecule has 2 bridgehead atoms. The zero-order valence-corrected chi connectivity index (χ0v) is 14.8. The molecule has 2 aromatic heterocycles. The van der Waals surface area contributed by atoms with Crippen molar-refractivity contribution in [1.82, 2.24) is 25.0 Å². The minimum atomic E-state index is 0.0818. The molecule has 2 saturated heterocycles. The number of likely N-dealkylation sites (tertiary alicyclic amines) is 2. The van der Waals surface area contributed by atoms with Crippen LogP contribution in [0.3, 0.4) is 0 Å². The van der Waals surface area contributed by atoms with Gasteiger partial charge in [-0.05, 0) is 32.4 Å². The number of piperazine rings is 1. The Bertz CT molecular complexity index is 772. The summed E-state index contributed by atoms with van der Waals surface area (Å²) < 4.78 is 5.72. The smallest absolute Gasteiger partial charge is 0.255 e. The molecule has 0 aliphatic carbocycles. The highest BCUT2D eigenvalue weighted by Crippen LogP contribution is 2.37. The first-order valence-corrected chi connectivity index (χ1v) is 8.88. The summed E-state index contributed by atoms with van der Waals surface area (Å²) in [7, 11) is 0. The minimum absolute atomic E-state index is 0.0818. The molecular weight excluding hydrogens is 318 g/mol. The van der Waals surface area contributed by atoms with Gasteiger partial charge < -0.3 is 9.32 Å². The molecule has 2 aromatic rings. The average Bonchev–Trinajstić information content (AvgIpc) is 3.35. The number of fused-ring (bicyclic) bond motifs is 2. The van der Waals surface area contributed by atoms with Crippen LogP contribution < -0.4 is 0 Å². The van der Waals surface area contributed by atoms with Crippen LogP contribution in [0.1, 0.15) is 54.1 Å². The summed E-state index contributed by atoms with van der Waals surface area (Å²) in [4.78, 5) is 21.4. The summed E-state index contributed by atoms with van der Waals surface area (Å²) in [5.41, 5.74) is 1.59. The lowest BCUT2D eigenvalue weighted by molar-refractivity contribution is 0.0543. The van der Waals surface area contributed by atoms with Gasteiger partial charge in [-0.15, -0.1) is 10.2 Å². The zero-order valence-electron chi connectivity index (χ0n) is 14.8. The zero-order chi connectivity index (χ0) is 17.6. The maximum absolute atomic E-state index is 12.8. The second-order valence-corrected chi connectivity index (χ2v) is 6.95. The molecule has 2 aliphatic rings. The molecule has 1 amide bonds. The first-order chi connectivity index (χ1) is 12.1. The van der Waals surface area contributed by atoms with Gasteiger partial charge in [0.25, 0.3) is 5.91 Å². The van der Waals surface area contributed by atoms with Crippen molar-refractivity contribution in [2.45, 2.75) is 51.7 Å². The number of carbonyl (C=O) groups excluding carboxylic acids is 1. The van der Waals surface area contributed by atoms with E-state index in [-0.39, 0.29) is 18.0 Å². The molecule has 0 N–H and O–H groups in total. The van der Waals surface area contributed by atoms with Crippen LogP contribution in [0.2, 0.25) is 0 Å². The lowest BCUT2D eigenvalue weighted by Crippen LogP contribution is -2.49. The van der Waals surface area contributed by atoms with Crippen LogP contribution in [0.5, 0.6) is 0 Å². The van der Waals surface area contributed by atoms with E-state index in [1.165, 1.54) is 0 Å². The summed E-state index contributed by atoms with van der Waals surface area (Å²) in [6, 6.07) is 4.42. The van der Waals surface area contributed by atoms with Gasteiger partial charge in [-0.3, -0.25) is 14.7 Å². The van der Waals surface area contributed by atoms with Gasteiger partial charge in [0, 0.05) is 43.5 Å². The van der Waals surface area contributed by atoms with E-state index in [2.05, 4.69) is 27.0 Å². The van der Waals surface area contributed by atoms with Gasteiger partial charge >= 0.3 is 0 Å². The van der Waals surface area contributed by atoms with Gasteiger partial charge in [-0.2, -0.15) is 0 Å². The SMILES string of the molecule is CCc1nnc(C(C)N2C[C@@H]3C[C@H]2CN3C(=O)c2ccc(C)nc2)o1. The van der Waals surface area contributed by atoms with E-state index >= 15 is 0 Å². The number of hydrogen-bond donors (Lipinski definition) is 0. The molecule has 0 spiro atoms. The Kier molecular flexibility index (Phi) is 4.03. The first-order valence-electron chi connectivity index (χ1n) is 8.88. The third-order valence-electron chi connectivity index (χ3n) is 5.34. The minimum Gasteiger partial charge on any atom is -0.424 e. The maximum atomic E-state index is 12.8. The maximum Gasteiger partial charge on any atom is 0.255 e. The van der Waals surface area contributed by atoms with Crippen molar-refractivity contribution < 1.29 is 9.21 Å². The van der Waals surface area contributed by atoms with Crippen molar-refractivity contribution in [2.24, 2.45) is 0 Å². The Morgan fingerprint density at radius 3 is 2.76 bits per heavy atom. The van der Waals surface area contributed by atoms with E-state index in [1.54, 1.807) is 6.20 Å². The van der Waals surface area contributed by atoms with E-state index in [4.69, 9.17) is 4.42 Å². The highest BCUT2D eigenvalue weighted by Gasteiger charge is 2.47.